The molecule has 0 bridgehead atoms. The van der Waals surface area contributed by atoms with Gasteiger partial charge < -0.3 is 9.47 Å². The molecule has 1 aliphatic heterocycles. The van der Waals surface area contributed by atoms with Crippen LogP contribution in [0.3, 0.4) is 0 Å². The van der Waals surface area contributed by atoms with Crippen LogP contribution in [0.4, 0.5) is 0 Å². The van der Waals surface area contributed by atoms with Gasteiger partial charge in [0.1, 0.15) is 0 Å². The number of cyclic esters (lactones) is 1. The van der Waals surface area contributed by atoms with Crippen molar-refractivity contribution in [2.24, 2.45) is 4.99 Å². The fourth-order valence-electron chi connectivity index (χ4n) is 2.79. The SMILES string of the molecule is O=C1OC(c2ccc(Cl)cc2)=N/C1=C\c1cc(Br)cc(Br)c1OC(=O)c1ccccc1. The van der Waals surface area contributed by atoms with Crippen LogP contribution in [-0.2, 0) is 9.53 Å². The van der Waals surface area contributed by atoms with Gasteiger partial charge in [-0.2, -0.15) is 0 Å². The molecule has 0 fully saturated rings. The lowest BCUT2D eigenvalue weighted by atomic mass is 10.1. The molecule has 0 N–H and O–H groups in total. The van der Waals surface area contributed by atoms with Crippen molar-refractivity contribution in [2.75, 3.05) is 0 Å². The van der Waals surface area contributed by atoms with Crippen LogP contribution in [0.25, 0.3) is 6.08 Å². The first-order valence-corrected chi connectivity index (χ1v) is 10.9. The first-order valence-electron chi connectivity index (χ1n) is 8.95. The van der Waals surface area contributed by atoms with Gasteiger partial charge in [0.25, 0.3) is 0 Å². The fraction of sp³-hybridized carbons (Fsp3) is 0. The number of esters is 2. The molecule has 0 atom stereocenters. The summed E-state index contributed by atoms with van der Waals surface area (Å²) in [6.07, 6.45) is 1.51. The topological polar surface area (TPSA) is 65.0 Å². The summed E-state index contributed by atoms with van der Waals surface area (Å²) >= 11 is 12.7. The van der Waals surface area contributed by atoms with Crippen molar-refractivity contribution >= 4 is 67.4 Å². The molecule has 0 radical (unpaired) electrons. The van der Waals surface area contributed by atoms with Crippen molar-refractivity contribution in [3.63, 3.8) is 0 Å². The molecule has 1 aliphatic rings. The molecule has 31 heavy (non-hydrogen) atoms. The molecule has 4 rings (SSSR count). The van der Waals surface area contributed by atoms with E-state index in [0.29, 0.717) is 26.2 Å². The van der Waals surface area contributed by atoms with Gasteiger partial charge in [-0.25, -0.2) is 14.6 Å². The summed E-state index contributed by atoms with van der Waals surface area (Å²) in [6.45, 7) is 0. The van der Waals surface area contributed by atoms with Crippen molar-refractivity contribution in [1.82, 2.24) is 0 Å². The normalized spacial score (nSPS) is 14.4. The second kappa shape index (κ2) is 9.18. The Morgan fingerprint density at radius 1 is 1.03 bits per heavy atom. The smallest absolute Gasteiger partial charge is 0.363 e. The standard InChI is InChI=1S/C23H12Br2ClNO4/c24-16-10-15(20(18(25)12-16)30-22(28)14-4-2-1-3-5-14)11-19-23(29)31-21(27-19)13-6-8-17(26)9-7-13/h1-12H/b19-11-. The number of hydrogen-bond donors (Lipinski definition) is 0. The Bertz CT molecular complexity index is 1240. The Balaban J connectivity index is 1.70. The number of rotatable bonds is 4. The highest BCUT2D eigenvalue weighted by Gasteiger charge is 2.25. The van der Waals surface area contributed by atoms with E-state index >= 15 is 0 Å². The first kappa shape index (κ1) is 21.5. The molecule has 3 aromatic rings. The van der Waals surface area contributed by atoms with Gasteiger partial charge in [-0.15, -0.1) is 0 Å². The minimum atomic E-state index is -0.610. The van der Waals surface area contributed by atoms with Gasteiger partial charge >= 0.3 is 11.9 Å². The number of halogens is 3. The quantitative estimate of drug-likeness (QED) is 0.209. The van der Waals surface area contributed by atoms with Crippen LogP contribution in [0, 0.1) is 0 Å². The predicted octanol–water partition coefficient (Wildman–Crippen LogP) is 6.43. The van der Waals surface area contributed by atoms with E-state index in [9.17, 15) is 9.59 Å². The third kappa shape index (κ3) is 4.95. The van der Waals surface area contributed by atoms with Gasteiger partial charge in [-0.3, -0.25) is 0 Å². The third-order valence-corrected chi connectivity index (χ3v) is 5.54. The summed E-state index contributed by atoms with van der Waals surface area (Å²) in [7, 11) is 0. The van der Waals surface area contributed by atoms with Crippen LogP contribution in [-0.4, -0.2) is 17.8 Å². The summed E-state index contributed by atoms with van der Waals surface area (Å²) < 4.78 is 12.2. The maximum absolute atomic E-state index is 12.6. The van der Waals surface area contributed by atoms with E-state index in [4.69, 9.17) is 21.1 Å². The highest BCUT2D eigenvalue weighted by Crippen LogP contribution is 2.35. The van der Waals surface area contributed by atoms with E-state index in [-0.39, 0.29) is 17.3 Å². The molecule has 0 saturated heterocycles. The average molecular weight is 562 g/mol. The highest BCUT2D eigenvalue weighted by molar-refractivity contribution is 9.11. The van der Waals surface area contributed by atoms with Gasteiger partial charge in [0.15, 0.2) is 11.4 Å². The predicted molar refractivity (Wildman–Crippen MR) is 125 cm³/mol. The zero-order valence-electron chi connectivity index (χ0n) is 15.6. The zero-order valence-corrected chi connectivity index (χ0v) is 19.6. The van der Waals surface area contributed by atoms with Crippen LogP contribution >= 0.6 is 43.5 Å². The molecular weight excluding hydrogens is 550 g/mol. The lowest BCUT2D eigenvalue weighted by molar-refractivity contribution is -0.129. The van der Waals surface area contributed by atoms with Gasteiger partial charge in [-0.05, 0) is 70.5 Å². The summed E-state index contributed by atoms with van der Waals surface area (Å²) in [5.41, 5.74) is 1.57. The number of hydrogen-bond acceptors (Lipinski definition) is 5. The number of ether oxygens (including phenoxy) is 2. The maximum Gasteiger partial charge on any atom is 0.363 e. The number of carbonyl (C=O) groups excluding carboxylic acids is 2. The minimum absolute atomic E-state index is 0.0759. The van der Waals surface area contributed by atoms with Gasteiger partial charge in [0.2, 0.25) is 5.90 Å². The Morgan fingerprint density at radius 3 is 2.45 bits per heavy atom. The first-order chi connectivity index (χ1) is 14.9. The summed E-state index contributed by atoms with van der Waals surface area (Å²) in [4.78, 5) is 29.2. The lowest BCUT2D eigenvalue weighted by Gasteiger charge is -2.11. The molecule has 0 aromatic heterocycles. The Kier molecular flexibility index (Phi) is 6.36. The van der Waals surface area contributed by atoms with Crippen molar-refractivity contribution < 1.29 is 19.1 Å². The van der Waals surface area contributed by atoms with Crippen LogP contribution < -0.4 is 4.74 Å². The lowest BCUT2D eigenvalue weighted by Crippen LogP contribution is -2.10. The highest BCUT2D eigenvalue weighted by atomic mass is 79.9. The monoisotopic (exact) mass is 559 g/mol. The van der Waals surface area contributed by atoms with Crippen molar-refractivity contribution in [2.45, 2.75) is 0 Å². The average Bonchev–Trinajstić information content (AvgIpc) is 3.11. The van der Waals surface area contributed by atoms with Crippen LogP contribution in [0.5, 0.6) is 5.75 Å². The summed E-state index contributed by atoms with van der Waals surface area (Å²) in [5.74, 6) is -0.707. The molecule has 0 amide bonds. The molecule has 0 unspecified atom stereocenters. The molecule has 8 heteroatoms. The summed E-state index contributed by atoms with van der Waals surface area (Å²) in [6, 6.07) is 18.9. The van der Waals surface area contributed by atoms with Crippen LogP contribution in [0.1, 0.15) is 21.5 Å². The van der Waals surface area contributed by atoms with Gasteiger partial charge in [0, 0.05) is 20.6 Å². The Labute approximate surface area is 199 Å². The molecule has 0 saturated carbocycles. The third-order valence-electron chi connectivity index (χ3n) is 4.25. The summed E-state index contributed by atoms with van der Waals surface area (Å²) in [5, 5.41) is 0.563. The van der Waals surface area contributed by atoms with Gasteiger partial charge in [0.05, 0.1) is 10.0 Å². The largest absolute Gasteiger partial charge is 0.421 e. The Hall–Kier alpha value is -2.74. The van der Waals surface area contributed by atoms with Crippen LogP contribution in [0.15, 0.2) is 86.4 Å². The van der Waals surface area contributed by atoms with Gasteiger partial charge in [-0.1, -0.05) is 45.7 Å². The van der Waals surface area contributed by atoms with E-state index in [1.165, 1.54) is 6.08 Å². The molecule has 5 nitrogen and oxygen atoms in total. The molecule has 0 aliphatic carbocycles. The number of carbonyl (C=O) groups is 2. The maximum atomic E-state index is 12.6. The number of aliphatic imine (C=N–C) groups is 1. The second-order valence-corrected chi connectivity index (χ2v) is 8.61. The minimum Gasteiger partial charge on any atom is -0.421 e. The number of benzene rings is 3. The van der Waals surface area contributed by atoms with Crippen LogP contribution in [0.2, 0.25) is 5.02 Å². The van der Waals surface area contributed by atoms with Crippen molar-refractivity contribution in [3.8, 4) is 5.75 Å². The zero-order chi connectivity index (χ0) is 22.0. The van der Waals surface area contributed by atoms with E-state index in [2.05, 4.69) is 36.9 Å². The molecule has 1 heterocycles. The fourth-order valence-corrected chi connectivity index (χ4v) is 4.26. The molecule has 3 aromatic carbocycles. The molecular formula is C23H12Br2ClNO4. The van der Waals surface area contributed by atoms with E-state index < -0.39 is 11.9 Å². The Morgan fingerprint density at radius 2 is 1.74 bits per heavy atom. The molecule has 0 spiro atoms. The van der Waals surface area contributed by atoms with Crippen molar-refractivity contribution in [3.05, 3.63) is 103 Å². The van der Waals surface area contributed by atoms with E-state index in [1.54, 1.807) is 60.7 Å². The van der Waals surface area contributed by atoms with Crippen molar-refractivity contribution in [1.29, 1.82) is 0 Å². The number of nitrogens with zero attached hydrogens (tertiary/aromatic N) is 1. The van der Waals surface area contributed by atoms with E-state index in [1.807, 2.05) is 6.07 Å². The van der Waals surface area contributed by atoms with E-state index in [0.717, 1.165) is 4.47 Å². The second-order valence-electron chi connectivity index (χ2n) is 6.40. The molecule has 154 valence electrons.